The van der Waals surface area contributed by atoms with Gasteiger partial charge in [-0.1, -0.05) is 30.3 Å². The summed E-state index contributed by atoms with van der Waals surface area (Å²) >= 11 is 0. The van der Waals surface area contributed by atoms with Crippen molar-refractivity contribution in [3.63, 3.8) is 0 Å². The number of likely N-dealkylation sites (N-methyl/N-ethyl adjacent to an activating group) is 2. The Hall–Kier alpha value is -1.39. The highest BCUT2D eigenvalue weighted by atomic mass is 16.2. The van der Waals surface area contributed by atoms with Crippen LogP contribution in [-0.4, -0.2) is 49.4 Å². The predicted octanol–water partition coefficient (Wildman–Crippen LogP) is 0.926. The third-order valence-electron chi connectivity index (χ3n) is 2.84. The summed E-state index contributed by atoms with van der Waals surface area (Å²) in [5.74, 6) is 0.137. The number of nitrogens with two attached hydrogens (primary N) is 1. The van der Waals surface area contributed by atoms with Crippen molar-refractivity contribution in [2.24, 2.45) is 5.73 Å². The number of rotatable bonds is 7. The Morgan fingerprint density at radius 3 is 2.50 bits per heavy atom. The predicted molar refractivity (Wildman–Crippen MR) is 74.1 cm³/mol. The number of benzene rings is 1. The van der Waals surface area contributed by atoms with Crippen LogP contribution in [0.2, 0.25) is 0 Å². The van der Waals surface area contributed by atoms with Gasteiger partial charge in [-0.25, -0.2) is 0 Å². The monoisotopic (exact) mass is 249 g/mol. The van der Waals surface area contributed by atoms with E-state index >= 15 is 0 Å². The molecular weight excluding hydrogens is 226 g/mol. The van der Waals surface area contributed by atoms with Crippen molar-refractivity contribution in [2.75, 3.05) is 33.7 Å². The van der Waals surface area contributed by atoms with E-state index in [2.05, 4.69) is 0 Å². The van der Waals surface area contributed by atoms with Crippen molar-refractivity contribution >= 4 is 5.91 Å². The van der Waals surface area contributed by atoms with Crippen molar-refractivity contribution in [1.29, 1.82) is 0 Å². The van der Waals surface area contributed by atoms with Crippen LogP contribution in [0.15, 0.2) is 30.3 Å². The molecule has 100 valence electrons. The van der Waals surface area contributed by atoms with Crippen molar-refractivity contribution in [3.8, 4) is 0 Å². The van der Waals surface area contributed by atoms with Gasteiger partial charge in [0.2, 0.25) is 5.91 Å². The molecular formula is C14H23N3O. The summed E-state index contributed by atoms with van der Waals surface area (Å²) in [4.78, 5) is 15.7. The van der Waals surface area contributed by atoms with Gasteiger partial charge in [0.1, 0.15) is 0 Å². The Morgan fingerprint density at radius 2 is 1.89 bits per heavy atom. The summed E-state index contributed by atoms with van der Waals surface area (Å²) in [6.45, 7) is 2.63. The number of hydrogen-bond donors (Lipinski definition) is 1. The fourth-order valence-electron chi connectivity index (χ4n) is 1.74. The van der Waals surface area contributed by atoms with E-state index in [9.17, 15) is 4.79 Å². The number of nitrogens with zero attached hydrogens (tertiary/aromatic N) is 2. The molecule has 0 saturated heterocycles. The first-order valence-corrected chi connectivity index (χ1v) is 6.30. The largest absolute Gasteiger partial charge is 0.340 e. The lowest BCUT2D eigenvalue weighted by molar-refractivity contribution is -0.131. The van der Waals surface area contributed by atoms with E-state index in [1.165, 1.54) is 0 Å². The summed E-state index contributed by atoms with van der Waals surface area (Å²) in [6.07, 6.45) is 0.923. The van der Waals surface area contributed by atoms with Gasteiger partial charge in [-0.15, -0.1) is 0 Å². The van der Waals surface area contributed by atoms with Gasteiger partial charge in [0, 0.05) is 13.6 Å². The molecule has 0 radical (unpaired) electrons. The minimum absolute atomic E-state index is 0.137. The van der Waals surface area contributed by atoms with Crippen LogP contribution in [0.25, 0.3) is 0 Å². The minimum Gasteiger partial charge on any atom is -0.340 e. The fourth-order valence-corrected chi connectivity index (χ4v) is 1.74. The Morgan fingerprint density at radius 1 is 1.22 bits per heavy atom. The van der Waals surface area contributed by atoms with Crippen LogP contribution in [0.4, 0.5) is 0 Å². The van der Waals surface area contributed by atoms with Gasteiger partial charge >= 0.3 is 0 Å². The third kappa shape index (κ3) is 5.29. The van der Waals surface area contributed by atoms with E-state index in [4.69, 9.17) is 5.73 Å². The Labute approximate surface area is 109 Å². The first kappa shape index (κ1) is 14.7. The van der Waals surface area contributed by atoms with E-state index in [0.29, 0.717) is 19.6 Å². The maximum absolute atomic E-state index is 12.0. The van der Waals surface area contributed by atoms with Crippen LogP contribution in [0.3, 0.4) is 0 Å². The summed E-state index contributed by atoms with van der Waals surface area (Å²) < 4.78 is 0. The smallest absolute Gasteiger partial charge is 0.236 e. The summed E-state index contributed by atoms with van der Waals surface area (Å²) in [5.41, 5.74) is 6.60. The van der Waals surface area contributed by atoms with Gasteiger partial charge in [-0.3, -0.25) is 9.69 Å². The van der Waals surface area contributed by atoms with Crippen molar-refractivity contribution in [2.45, 2.75) is 13.0 Å². The molecule has 0 fully saturated rings. The number of hydrogen-bond acceptors (Lipinski definition) is 3. The molecule has 0 aliphatic carbocycles. The molecule has 0 atom stereocenters. The lowest BCUT2D eigenvalue weighted by Gasteiger charge is -2.21. The van der Waals surface area contributed by atoms with Gasteiger partial charge < -0.3 is 10.6 Å². The molecule has 2 N–H and O–H groups in total. The van der Waals surface area contributed by atoms with Crippen molar-refractivity contribution in [3.05, 3.63) is 35.9 Å². The first-order chi connectivity index (χ1) is 8.63. The third-order valence-corrected chi connectivity index (χ3v) is 2.84. The molecule has 4 heteroatoms. The van der Waals surface area contributed by atoms with Gasteiger partial charge in [0.15, 0.2) is 0 Å². The summed E-state index contributed by atoms with van der Waals surface area (Å²) in [6, 6.07) is 10.0. The second kappa shape index (κ2) is 7.84. The van der Waals surface area contributed by atoms with Crippen LogP contribution in [-0.2, 0) is 11.3 Å². The average Bonchev–Trinajstić information content (AvgIpc) is 2.37. The molecule has 4 nitrogen and oxygen atoms in total. The van der Waals surface area contributed by atoms with Crippen LogP contribution in [0.1, 0.15) is 12.0 Å². The molecule has 0 aliphatic heterocycles. The molecule has 0 aromatic heterocycles. The zero-order valence-corrected chi connectivity index (χ0v) is 11.3. The first-order valence-electron chi connectivity index (χ1n) is 6.30. The number of carbonyl (C=O) groups excluding carboxylic acids is 1. The van der Waals surface area contributed by atoms with Gasteiger partial charge in [-0.05, 0) is 32.1 Å². The molecule has 1 aromatic rings. The molecule has 1 aromatic carbocycles. The fraction of sp³-hybridized carbons (Fsp3) is 0.500. The van der Waals surface area contributed by atoms with E-state index in [0.717, 1.165) is 18.5 Å². The molecule has 0 heterocycles. The molecule has 1 amide bonds. The SMILES string of the molecule is CN(CCCN)CC(=O)N(C)Cc1ccccc1. The lowest BCUT2D eigenvalue weighted by Crippen LogP contribution is -2.37. The van der Waals surface area contributed by atoms with Crippen LogP contribution >= 0.6 is 0 Å². The van der Waals surface area contributed by atoms with E-state index in [1.807, 2.05) is 49.3 Å². The van der Waals surface area contributed by atoms with Gasteiger partial charge in [-0.2, -0.15) is 0 Å². The normalized spacial score (nSPS) is 10.7. The topological polar surface area (TPSA) is 49.6 Å². The molecule has 0 saturated carbocycles. The summed E-state index contributed by atoms with van der Waals surface area (Å²) in [5, 5.41) is 0. The minimum atomic E-state index is 0.137. The molecule has 0 aliphatic rings. The average molecular weight is 249 g/mol. The zero-order valence-electron chi connectivity index (χ0n) is 11.3. The van der Waals surface area contributed by atoms with Crippen LogP contribution < -0.4 is 5.73 Å². The zero-order chi connectivity index (χ0) is 13.4. The highest BCUT2D eigenvalue weighted by molar-refractivity contribution is 5.77. The van der Waals surface area contributed by atoms with Crippen molar-refractivity contribution in [1.82, 2.24) is 9.80 Å². The second-order valence-electron chi connectivity index (χ2n) is 4.62. The highest BCUT2D eigenvalue weighted by Crippen LogP contribution is 2.03. The van der Waals surface area contributed by atoms with E-state index in [1.54, 1.807) is 4.90 Å². The maximum atomic E-state index is 12.0. The van der Waals surface area contributed by atoms with E-state index in [-0.39, 0.29) is 5.91 Å². The number of carbonyl (C=O) groups is 1. The molecule has 1 rings (SSSR count). The van der Waals surface area contributed by atoms with Crippen LogP contribution in [0, 0.1) is 0 Å². The van der Waals surface area contributed by atoms with Crippen molar-refractivity contribution < 1.29 is 4.79 Å². The van der Waals surface area contributed by atoms with Crippen LogP contribution in [0.5, 0.6) is 0 Å². The maximum Gasteiger partial charge on any atom is 0.236 e. The second-order valence-corrected chi connectivity index (χ2v) is 4.62. The molecule has 18 heavy (non-hydrogen) atoms. The molecule has 0 bridgehead atoms. The lowest BCUT2D eigenvalue weighted by atomic mass is 10.2. The highest BCUT2D eigenvalue weighted by Gasteiger charge is 2.11. The van der Waals surface area contributed by atoms with E-state index < -0.39 is 0 Å². The standard InChI is InChI=1S/C14H23N3O/c1-16(10-6-9-15)12-14(18)17(2)11-13-7-4-3-5-8-13/h3-5,7-8H,6,9-12,15H2,1-2H3. The van der Waals surface area contributed by atoms with Gasteiger partial charge in [0.05, 0.1) is 6.54 Å². The number of amides is 1. The molecule has 0 unspecified atom stereocenters. The van der Waals surface area contributed by atoms with Gasteiger partial charge in [0.25, 0.3) is 0 Å². The molecule has 0 spiro atoms. The Bertz CT molecular complexity index is 353. The Balaban J connectivity index is 2.37. The quantitative estimate of drug-likeness (QED) is 0.782. The summed E-state index contributed by atoms with van der Waals surface area (Å²) in [7, 11) is 3.79. The Kier molecular flexibility index (Phi) is 6.39.